The molecule has 1 saturated heterocycles. The van der Waals surface area contributed by atoms with E-state index in [1.54, 1.807) is 30.3 Å². The maximum atomic E-state index is 14.4. The number of benzene rings is 1. The first-order valence-corrected chi connectivity index (χ1v) is 28.2. The number of hydrogen-bond donors (Lipinski definition) is 19. The molecule has 23 N–H and O–H groups in total. The summed E-state index contributed by atoms with van der Waals surface area (Å²) < 4.78 is 0. The van der Waals surface area contributed by atoms with E-state index in [1.807, 2.05) is 0 Å². The van der Waals surface area contributed by atoms with Crippen molar-refractivity contribution in [3.8, 4) is 0 Å². The van der Waals surface area contributed by atoms with Crippen LogP contribution in [0.5, 0.6) is 0 Å². The highest BCUT2D eigenvalue weighted by Gasteiger charge is 2.38. The number of hydrogen-bond acceptors (Lipinski definition) is 19. The molecule has 83 heavy (non-hydrogen) atoms. The topological polar surface area (TPSA) is 505 Å². The van der Waals surface area contributed by atoms with Gasteiger partial charge < -0.3 is 102 Å². The van der Waals surface area contributed by atoms with Crippen molar-refractivity contribution in [2.24, 2.45) is 28.9 Å². The van der Waals surface area contributed by atoms with Crippen LogP contribution in [-0.2, 0) is 59.2 Å². The monoisotopic (exact) mass is 1180 g/mol. The van der Waals surface area contributed by atoms with E-state index in [9.17, 15) is 73.2 Å². The fraction of sp³-hybridized carbons (Fsp3) is 0.679. The lowest BCUT2D eigenvalue weighted by Crippen LogP contribution is -2.63. The second-order valence-corrected chi connectivity index (χ2v) is 20.7. The Balaban J connectivity index is 2.63. The maximum absolute atomic E-state index is 14.4. The maximum Gasteiger partial charge on any atom is 0.245 e. The van der Waals surface area contributed by atoms with E-state index in [4.69, 9.17) is 22.9 Å². The highest BCUT2D eigenvalue weighted by atomic mass is 16.3. The van der Waals surface area contributed by atoms with Crippen LogP contribution in [-0.4, -0.2) is 203 Å². The Morgan fingerprint density at radius 2 is 1.08 bits per heavy atom. The highest BCUT2D eigenvalue weighted by Crippen LogP contribution is 2.13. The number of nitrogens with two attached hydrogens (primary N) is 4. The van der Waals surface area contributed by atoms with Crippen LogP contribution in [0.25, 0.3) is 0 Å². The molecule has 0 saturated carbocycles. The first kappa shape index (κ1) is 72.2. The van der Waals surface area contributed by atoms with Crippen molar-refractivity contribution in [2.75, 3.05) is 39.3 Å². The molecule has 468 valence electrons. The minimum atomic E-state index is -1.91. The van der Waals surface area contributed by atoms with Crippen molar-refractivity contribution >= 4 is 65.0 Å². The fourth-order valence-corrected chi connectivity index (χ4v) is 8.55. The first-order valence-electron chi connectivity index (χ1n) is 28.2. The lowest BCUT2D eigenvalue weighted by atomic mass is 10.0. The molecule has 11 amide bonds. The van der Waals surface area contributed by atoms with Gasteiger partial charge >= 0.3 is 0 Å². The molecule has 0 aromatic heterocycles. The number of carbonyl (C=O) groups excluding carboxylic acids is 11. The van der Waals surface area contributed by atoms with Gasteiger partial charge in [0.2, 0.25) is 65.0 Å². The van der Waals surface area contributed by atoms with Crippen molar-refractivity contribution < 1.29 is 73.2 Å². The average molecular weight is 1180 g/mol. The van der Waals surface area contributed by atoms with E-state index in [-0.39, 0.29) is 64.7 Å². The summed E-state index contributed by atoms with van der Waals surface area (Å²) in [5.41, 5.74) is 23.7. The Morgan fingerprint density at radius 3 is 1.59 bits per heavy atom. The second kappa shape index (κ2) is 38.0. The molecule has 1 aromatic rings. The highest BCUT2D eigenvalue weighted by molar-refractivity contribution is 5.99. The average Bonchev–Trinajstić information content (AvgIpc) is 3.45. The van der Waals surface area contributed by atoms with Gasteiger partial charge in [0.15, 0.2) is 0 Å². The molecule has 0 radical (unpaired) electrons. The summed E-state index contributed by atoms with van der Waals surface area (Å²) in [7, 11) is 0. The van der Waals surface area contributed by atoms with Crippen LogP contribution in [0.1, 0.15) is 104 Å². The van der Waals surface area contributed by atoms with Gasteiger partial charge in [-0.05, 0) is 97.0 Å². The van der Waals surface area contributed by atoms with Gasteiger partial charge in [-0.25, -0.2) is 0 Å². The van der Waals surface area contributed by atoms with Crippen molar-refractivity contribution in [2.45, 2.75) is 184 Å². The Kier molecular flexibility index (Phi) is 33.1. The first-order chi connectivity index (χ1) is 39.3. The fourth-order valence-electron chi connectivity index (χ4n) is 8.55. The Morgan fingerprint density at radius 1 is 0.578 bits per heavy atom. The van der Waals surface area contributed by atoms with Gasteiger partial charge in [-0.1, -0.05) is 63.4 Å². The molecule has 1 fully saturated rings. The molecule has 2 rings (SSSR count). The zero-order chi connectivity index (χ0) is 62.3. The Hall–Kier alpha value is -6.93. The molecule has 1 aliphatic heterocycles. The molecule has 1 aromatic carbocycles. The number of rotatable bonds is 27. The molecule has 0 spiro atoms. The molecule has 1 heterocycles. The third-order valence-electron chi connectivity index (χ3n) is 13.7. The molecule has 0 aliphatic carbocycles. The van der Waals surface area contributed by atoms with E-state index in [2.05, 4.69) is 72.3 Å². The molecule has 1 aliphatic rings. The van der Waals surface area contributed by atoms with Crippen LogP contribution in [0, 0.1) is 5.92 Å². The van der Waals surface area contributed by atoms with Crippen LogP contribution in [0.2, 0.25) is 0 Å². The van der Waals surface area contributed by atoms with E-state index in [0.717, 1.165) is 33.1 Å². The summed E-state index contributed by atoms with van der Waals surface area (Å²) in [5.74, 6) is -10.5. The number of unbranched alkanes of at least 4 members (excludes halogenated alkanes) is 1. The molecular formula is C53H91N15O15. The van der Waals surface area contributed by atoms with Gasteiger partial charge in [-0.3, -0.25) is 52.7 Å². The summed E-state index contributed by atoms with van der Waals surface area (Å²) in [5, 5.41) is 69.3. The quantitative estimate of drug-likeness (QED) is 0.0364. The van der Waals surface area contributed by atoms with Gasteiger partial charge in [-0.15, -0.1) is 0 Å². The van der Waals surface area contributed by atoms with Crippen LogP contribution < -0.4 is 81.4 Å². The third kappa shape index (κ3) is 25.2. The van der Waals surface area contributed by atoms with Gasteiger partial charge in [0, 0.05) is 19.4 Å². The van der Waals surface area contributed by atoms with E-state index in [0.29, 0.717) is 17.9 Å². The molecule has 14 atom stereocenters. The normalized spacial score (nSPS) is 23.5. The SMILES string of the molecule is CCC(C)CCCCC(=O)NC(CCN)C(=O)N[C@H](C(=O)NC(CO)C(=O)NC1CCNC(=O)[C@H]([C@@H](C)O)NC(=O)C(CCN)NC(=O)C(CCN)NC(=O)[C@H]([C@@H](C)O)NC(=O)C(Cc2ccccc2)NC(=O)C(CCN)NC1=O)[C@@H](C)O. The predicted molar refractivity (Wildman–Crippen MR) is 302 cm³/mol. The number of aliphatic hydroxyl groups excluding tert-OH is 4. The Labute approximate surface area is 483 Å². The summed E-state index contributed by atoms with van der Waals surface area (Å²) in [6, 6.07) is -8.01. The molecule has 30 heteroatoms. The zero-order valence-corrected chi connectivity index (χ0v) is 48.1. The molecule has 0 bridgehead atoms. The minimum Gasteiger partial charge on any atom is -0.394 e. The van der Waals surface area contributed by atoms with Crippen molar-refractivity contribution in [3.63, 3.8) is 0 Å². The number of amides is 11. The van der Waals surface area contributed by atoms with E-state index < -0.39 is 163 Å². The lowest BCUT2D eigenvalue weighted by Gasteiger charge is -2.29. The van der Waals surface area contributed by atoms with E-state index >= 15 is 0 Å². The standard InChI is InChI=1S/C53H91N15O15/c1-6-28(2)12-10-11-15-40(73)59-33(16-21-54)47(77)67-43(31(5)72)53(83)65-39(27-69)50(80)62-37-20-25-58-51(81)41(29(3)70)66-48(78)36(19-24-57)61-44(74)35(18-23-56)63-52(82)42(30(4)71)68-49(79)38(26-32-13-8-7-9-14-32)64-45(75)34(17-22-55)60-46(37)76/h7-9,13-14,28-31,33-39,41-43,69-72H,6,10-12,15-27,54-57H2,1-5H3,(H,58,81)(H,59,73)(H,60,76)(H,61,74)(H,62,80)(H,63,82)(H,64,75)(H,65,83)(H,66,78)(H,67,77)(H,68,79)/t28?,29-,30-,31-,33?,34?,35?,36?,37?,38?,39?,41+,42+,43+/m1/s1. The second-order valence-electron chi connectivity index (χ2n) is 20.7. The zero-order valence-electron chi connectivity index (χ0n) is 48.1. The van der Waals surface area contributed by atoms with Crippen molar-refractivity contribution in [1.82, 2.24) is 58.5 Å². The van der Waals surface area contributed by atoms with E-state index in [1.165, 1.54) is 6.92 Å². The Bertz CT molecular complexity index is 2280. The van der Waals surface area contributed by atoms with Crippen molar-refractivity contribution in [1.29, 1.82) is 0 Å². The van der Waals surface area contributed by atoms with Crippen LogP contribution >= 0.6 is 0 Å². The summed E-state index contributed by atoms with van der Waals surface area (Å²) >= 11 is 0. The van der Waals surface area contributed by atoms with Gasteiger partial charge in [0.1, 0.15) is 60.4 Å². The number of carbonyl (C=O) groups is 11. The third-order valence-corrected chi connectivity index (χ3v) is 13.7. The van der Waals surface area contributed by atoms with Gasteiger partial charge in [0.05, 0.1) is 24.9 Å². The predicted octanol–water partition coefficient (Wildman–Crippen LogP) is -7.27. The summed E-state index contributed by atoms with van der Waals surface area (Å²) in [6.07, 6.45) is -3.06. The van der Waals surface area contributed by atoms with Crippen LogP contribution in [0.3, 0.4) is 0 Å². The smallest absolute Gasteiger partial charge is 0.245 e. The van der Waals surface area contributed by atoms with Crippen molar-refractivity contribution in [3.05, 3.63) is 35.9 Å². The lowest BCUT2D eigenvalue weighted by molar-refractivity contribution is -0.137. The summed E-state index contributed by atoms with van der Waals surface area (Å²) in [4.78, 5) is 152. The largest absolute Gasteiger partial charge is 0.394 e. The minimum absolute atomic E-state index is 0.0500. The van der Waals surface area contributed by atoms with Crippen LogP contribution in [0.15, 0.2) is 30.3 Å². The van der Waals surface area contributed by atoms with Gasteiger partial charge in [-0.2, -0.15) is 0 Å². The molecule has 30 nitrogen and oxygen atoms in total. The van der Waals surface area contributed by atoms with Gasteiger partial charge in [0.25, 0.3) is 0 Å². The molecular weight excluding hydrogens is 1090 g/mol. The number of aliphatic hydroxyl groups is 4. The number of nitrogens with one attached hydrogen (secondary N) is 11. The summed E-state index contributed by atoms with van der Waals surface area (Å²) in [6.45, 7) is 5.31. The van der Waals surface area contributed by atoms with Crippen LogP contribution in [0.4, 0.5) is 0 Å². The molecule has 8 unspecified atom stereocenters.